The van der Waals surface area contributed by atoms with Gasteiger partial charge in [0.05, 0.1) is 18.8 Å². The molecule has 0 aromatic heterocycles. The molecule has 142 valence electrons. The summed E-state index contributed by atoms with van der Waals surface area (Å²) in [6.45, 7) is 4.87. The van der Waals surface area contributed by atoms with Crippen LogP contribution in [0.1, 0.15) is 39.5 Å². The Bertz CT molecular complexity index is 846. The van der Waals surface area contributed by atoms with E-state index in [1.807, 2.05) is 37.3 Å². The summed E-state index contributed by atoms with van der Waals surface area (Å²) < 4.78 is 15.7. The Morgan fingerprint density at radius 1 is 1.15 bits per heavy atom. The Morgan fingerprint density at radius 3 is 2.67 bits per heavy atom. The number of rotatable bonds is 8. The van der Waals surface area contributed by atoms with Gasteiger partial charge < -0.3 is 19.3 Å². The molecular formula is C22H24O5. The summed E-state index contributed by atoms with van der Waals surface area (Å²) in [5.41, 5.74) is 3.20. The normalized spacial score (nSPS) is 10.2. The number of hydrogen-bond acceptors (Lipinski definition) is 4. The summed E-state index contributed by atoms with van der Waals surface area (Å²) in [6.07, 6.45) is 0.715. The van der Waals surface area contributed by atoms with Gasteiger partial charge in [-0.25, -0.2) is 4.79 Å². The highest BCUT2D eigenvalue weighted by atomic mass is 16.7. The van der Waals surface area contributed by atoms with Crippen LogP contribution in [0.5, 0.6) is 5.75 Å². The van der Waals surface area contributed by atoms with Crippen molar-refractivity contribution in [3.8, 4) is 17.6 Å². The fourth-order valence-corrected chi connectivity index (χ4v) is 2.57. The molecule has 2 aromatic rings. The van der Waals surface area contributed by atoms with Gasteiger partial charge in [-0.2, -0.15) is 0 Å². The van der Waals surface area contributed by atoms with Crippen molar-refractivity contribution in [3.63, 3.8) is 0 Å². The Labute approximate surface area is 159 Å². The van der Waals surface area contributed by atoms with Gasteiger partial charge >= 0.3 is 5.97 Å². The van der Waals surface area contributed by atoms with Crippen LogP contribution in [0.4, 0.5) is 0 Å². The lowest BCUT2D eigenvalue weighted by Crippen LogP contribution is -2.07. The molecule has 27 heavy (non-hydrogen) atoms. The molecule has 0 heterocycles. The monoisotopic (exact) mass is 368 g/mol. The fourth-order valence-electron chi connectivity index (χ4n) is 2.57. The van der Waals surface area contributed by atoms with E-state index >= 15 is 0 Å². The molecule has 0 amide bonds. The van der Waals surface area contributed by atoms with Crippen molar-refractivity contribution < 1.29 is 24.1 Å². The minimum Gasteiger partial charge on any atom is -0.478 e. The van der Waals surface area contributed by atoms with E-state index in [0.717, 1.165) is 11.1 Å². The molecule has 0 unspecified atom stereocenters. The lowest BCUT2D eigenvalue weighted by molar-refractivity contribution is -0.00847. The second kappa shape index (κ2) is 10.4. The van der Waals surface area contributed by atoms with Crippen molar-refractivity contribution in [2.75, 3.05) is 27.1 Å². The molecule has 0 atom stereocenters. The van der Waals surface area contributed by atoms with Gasteiger partial charge in [-0.3, -0.25) is 0 Å². The first-order valence-corrected chi connectivity index (χ1v) is 8.74. The first-order valence-electron chi connectivity index (χ1n) is 8.74. The zero-order valence-corrected chi connectivity index (χ0v) is 15.9. The van der Waals surface area contributed by atoms with Crippen molar-refractivity contribution >= 4 is 5.97 Å². The minimum atomic E-state index is -0.961. The van der Waals surface area contributed by atoms with Crippen molar-refractivity contribution in [1.82, 2.24) is 0 Å². The third-order valence-electron chi connectivity index (χ3n) is 4.00. The molecule has 0 aliphatic heterocycles. The number of ether oxygens (including phenoxy) is 3. The molecule has 0 saturated heterocycles. The van der Waals surface area contributed by atoms with Crippen molar-refractivity contribution in [2.24, 2.45) is 0 Å². The van der Waals surface area contributed by atoms with Crippen molar-refractivity contribution in [3.05, 3.63) is 64.2 Å². The molecule has 1 N–H and O–H groups in total. The molecule has 5 nitrogen and oxygen atoms in total. The van der Waals surface area contributed by atoms with Gasteiger partial charge in [0.25, 0.3) is 0 Å². The van der Waals surface area contributed by atoms with Crippen LogP contribution in [0, 0.1) is 18.8 Å². The zero-order chi connectivity index (χ0) is 19.6. The molecule has 0 aliphatic rings. The maximum Gasteiger partial charge on any atom is 0.337 e. The van der Waals surface area contributed by atoms with Gasteiger partial charge in [-0.1, -0.05) is 37.0 Å². The SMILES string of the molecule is CCc1ccc(C)c(C(=O)O)c1C#Cc1cccc(OCOCCOC)c1. The maximum absolute atomic E-state index is 11.7. The van der Waals surface area contributed by atoms with E-state index in [9.17, 15) is 9.90 Å². The lowest BCUT2D eigenvalue weighted by Gasteiger charge is -2.09. The molecular weight excluding hydrogens is 344 g/mol. The van der Waals surface area contributed by atoms with E-state index in [1.54, 1.807) is 20.1 Å². The van der Waals surface area contributed by atoms with Gasteiger partial charge in [-0.05, 0) is 42.7 Å². The number of aromatic carboxylic acids is 1. The molecule has 5 heteroatoms. The van der Waals surface area contributed by atoms with E-state index in [0.29, 0.717) is 36.5 Å². The van der Waals surface area contributed by atoms with E-state index in [2.05, 4.69) is 11.8 Å². The smallest absolute Gasteiger partial charge is 0.337 e. The van der Waals surface area contributed by atoms with Crippen LogP contribution in [0.2, 0.25) is 0 Å². The average molecular weight is 368 g/mol. The lowest BCUT2D eigenvalue weighted by atomic mass is 9.95. The third kappa shape index (κ3) is 5.85. The first-order chi connectivity index (χ1) is 13.1. The van der Waals surface area contributed by atoms with E-state index in [-0.39, 0.29) is 12.4 Å². The fraction of sp³-hybridized carbons (Fsp3) is 0.318. The summed E-state index contributed by atoms with van der Waals surface area (Å²) in [5, 5.41) is 9.56. The number of carbonyl (C=O) groups is 1. The van der Waals surface area contributed by atoms with Gasteiger partial charge in [0, 0.05) is 18.2 Å². The summed E-state index contributed by atoms with van der Waals surface area (Å²) in [5.74, 6) is 5.78. The summed E-state index contributed by atoms with van der Waals surface area (Å²) in [6, 6.07) is 11.1. The van der Waals surface area contributed by atoms with E-state index < -0.39 is 5.97 Å². The zero-order valence-electron chi connectivity index (χ0n) is 15.9. The maximum atomic E-state index is 11.7. The third-order valence-corrected chi connectivity index (χ3v) is 4.00. The Kier molecular flexibility index (Phi) is 7.87. The van der Waals surface area contributed by atoms with Crippen molar-refractivity contribution in [2.45, 2.75) is 20.3 Å². The Morgan fingerprint density at radius 2 is 1.96 bits per heavy atom. The molecule has 2 aromatic carbocycles. The van der Waals surface area contributed by atoms with Crippen molar-refractivity contribution in [1.29, 1.82) is 0 Å². The standard InChI is InChI=1S/C22H24O5/c1-4-18-10-8-16(2)21(22(23)24)20(18)11-9-17-6-5-7-19(14-17)27-15-26-13-12-25-3/h5-8,10,14H,4,12-13,15H2,1-3H3,(H,23,24). The Hall–Kier alpha value is -2.81. The van der Waals surface area contributed by atoms with Crippen LogP contribution in [0.25, 0.3) is 0 Å². The molecule has 0 radical (unpaired) electrons. The highest BCUT2D eigenvalue weighted by molar-refractivity contribution is 5.93. The van der Waals surface area contributed by atoms with Gasteiger partial charge in [0.15, 0.2) is 6.79 Å². The molecule has 2 rings (SSSR count). The highest BCUT2D eigenvalue weighted by Crippen LogP contribution is 2.20. The van der Waals surface area contributed by atoms with Gasteiger partial charge in [0.2, 0.25) is 0 Å². The predicted octanol–water partition coefficient (Wildman–Crippen LogP) is 3.65. The topological polar surface area (TPSA) is 65.0 Å². The number of methoxy groups -OCH3 is 1. The molecule has 0 aliphatic carbocycles. The number of hydrogen-bond donors (Lipinski definition) is 1. The second-order valence-electron chi connectivity index (χ2n) is 5.89. The minimum absolute atomic E-state index is 0.126. The number of benzene rings is 2. The number of carboxylic acid groups (broad SMARTS) is 1. The summed E-state index contributed by atoms with van der Waals surface area (Å²) >= 11 is 0. The van der Waals surface area contributed by atoms with Gasteiger partial charge in [-0.15, -0.1) is 0 Å². The van der Waals surface area contributed by atoms with Crippen LogP contribution in [-0.4, -0.2) is 38.2 Å². The van der Waals surface area contributed by atoms with Crippen LogP contribution in [-0.2, 0) is 15.9 Å². The summed E-state index contributed by atoms with van der Waals surface area (Å²) in [4.78, 5) is 11.7. The highest BCUT2D eigenvalue weighted by Gasteiger charge is 2.15. The number of aryl methyl sites for hydroxylation is 2. The largest absolute Gasteiger partial charge is 0.478 e. The molecule has 0 fully saturated rings. The first kappa shape index (κ1) is 20.5. The molecule has 0 saturated carbocycles. The Balaban J connectivity index is 2.22. The average Bonchev–Trinajstić information content (AvgIpc) is 2.66. The summed E-state index contributed by atoms with van der Waals surface area (Å²) in [7, 11) is 1.61. The predicted molar refractivity (Wildman–Crippen MR) is 103 cm³/mol. The molecule has 0 bridgehead atoms. The molecule has 0 spiro atoms. The van der Waals surface area contributed by atoms with Crippen LogP contribution >= 0.6 is 0 Å². The van der Waals surface area contributed by atoms with Crippen LogP contribution in [0.3, 0.4) is 0 Å². The van der Waals surface area contributed by atoms with Crippen LogP contribution < -0.4 is 4.74 Å². The van der Waals surface area contributed by atoms with E-state index in [1.165, 1.54) is 0 Å². The quantitative estimate of drug-likeness (QED) is 0.438. The van der Waals surface area contributed by atoms with E-state index in [4.69, 9.17) is 14.2 Å². The van der Waals surface area contributed by atoms with Gasteiger partial charge in [0.1, 0.15) is 5.75 Å². The van der Waals surface area contributed by atoms with Crippen LogP contribution in [0.15, 0.2) is 36.4 Å². The number of carboxylic acids is 1. The second-order valence-corrected chi connectivity index (χ2v) is 5.89.